The molecule has 0 unspecified atom stereocenters. The van der Waals surface area contributed by atoms with Crippen LogP contribution in [0.3, 0.4) is 0 Å². The Bertz CT molecular complexity index is 323. The van der Waals surface area contributed by atoms with Crippen LogP contribution in [-0.2, 0) is 0 Å². The van der Waals surface area contributed by atoms with E-state index >= 15 is 0 Å². The van der Waals surface area contributed by atoms with Crippen LogP contribution in [-0.4, -0.2) is 12.0 Å². The number of carbonyl (C=O) groups excluding carboxylic acids is 1. The van der Waals surface area contributed by atoms with E-state index in [9.17, 15) is 4.79 Å². The van der Waals surface area contributed by atoms with Gasteiger partial charge in [0, 0.05) is 21.9 Å². The van der Waals surface area contributed by atoms with Crippen molar-refractivity contribution in [3.05, 3.63) is 28.8 Å². The van der Waals surface area contributed by atoms with Crippen LogP contribution in [0.2, 0.25) is 5.02 Å². The molecule has 0 N–H and O–H groups in total. The molecule has 0 saturated heterocycles. The van der Waals surface area contributed by atoms with E-state index in [-0.39, 0.29) is 5.78 Å². The zero-order valence-electron chi connectivity index (χ0n) is 7.63. The van der Waals surface area contributed by atoms with Crippen LogP contribution in [0.15, 0.2) is 23.1 Å². The van der Waals surface area contributed by atoms with Crippen LogP contribution in [0.4, 0.5) is 0 Å². The molecule has 0 spiro atoms. The lowest BCUT2D eigenvalue weighted by atomic mass is 10.1. The zero-order chi connectivity index (χ0) is 9.84. The first-order valence-corrected chi connectivity index (χ1v) is 5.65. The lowest BCUT2D eigenvalue weighted by Crippen LogP contribution is -1.96. The van der Waals surface area contributed by atoms with E-state index in [1.54, 1.807) is 17.8 Å². The summed E-state index contributed by atoms with van der Waals surface area (Å²) in [5, 5.41) is 0.628. The fourth-order valence-electron chi connectivity index (χ4n) is 1.05. The van der Waals surface area contributed by atoms with Crippen LogP contribution in [0, 0.1) is 0 Å². The highest BCUT2D eigenvalue weighted by molar-refractivity contribution is 7.98. The van der Waals surface area contributed by atoms with E-state index in [4.69, 9.17) is 11.6 Å². The monoisotopic (exact) mass is 214 g/mol. The van der Waals surface area contributed by atoms with Gasteiger partial charge in [-0.05, 0) is 24.5 Å². The lowest BCUT2D eigenvalue weighted by molar-refractivity contribution is 0.0988. The van der Waals surface area contributed by atoms with Gasteiger partial charge in [0.1, 0.15) is 0 Å². The summed E-state index contributed by atoms with van der Waals surface area (Å²) in [6.07, 6.45) is 2.49. The standard InChI is InChI=1S/C10H11ClOS/c1-3-10(12)7-4-8(11)6-9(5-7)13-2/h4-6H,3H2,1-2H3. The number of halogens is 1. The van der Waals surface area contributed by atoms with Crippen molar-refractivity contribution in [2.75, 3.05) is 6.26 Å². The molecule has 1 rings (SSSR count). The number of carbonyl (C=O) groups is 1. The molecule has 1 aromatic rings. The second-order valence-electron chi connectivity index (χ2n) is 2.66. The maximum absolute atomic E-state index is 11.4. The van der Waals surface area contributed by atoms with Crippen molar-refractivity contribution >= 4 is 29.1 Å². The number of thioether (sulfide) groups is 1. The Morgan fingerprint density at radius 3 is 2.69 bits per heavy atom. The molecule has 13 heavy (non-hydrogen) atoms. The zero-order valence-corrected chi connectivity index (χ0v) is 9.21. The minimum atomic E-state index is 0.137. The van der Waals surface area contributed by atoms with Gasteiger partial charge < -0.3 is 0 Å². The highest BCUT2D eigenvalue weighted by Gasteiger charge is 2.05. The van der Waals surface area contributed by atoms with Gasteiger partial charge in [-0.2, -0.15) is 0 Å². The molecular formula is C10H11ClOS. The first kappa shape index (κ1) is 10.6. The fourth-order valence-corrected chi connectivity index (χ4v) is 1.84. The van der Waals surface area contributed by atoms with Gasteiger partial charge in [-0.3, -0.25) is 4.79 Å². The Morgan fingerprint density at radius 2 is 2.15 bits per heavy atom. The third kappa shape index (κ3) is 2.75. The largest absolute Gasteiger partial charge is 0.294 e. The van der Waals surface area contributed by atoms with Gasteiger partial charge >= 0.3 is 0 Å². The van der Waals surface area contributed by atoms with E-state index < -0.39 is 0 Å². The van der Waals surface area contributed by atoms with E-state index in [1.807, 2.05) is 25.3 Å². The summed E-state index contributed by atoms with van der Waals surface area (Å²) in [5.74, 6) is 0.137. The average Bonchev–Trinajstić information content (AvgIpc) is 2.15. The Labute approximate surface area is 87.5 Å². The second kappa shape index (κ2) is 4.68. The van der Waals surface area contributed by atoms with Gasteiger partial charge in [0.15, 0.2) is 5.78 Å². The van der Waals surface area contributed by atoms with Crippen LogP contribution < -0.4 is 0 Å². The molecular weight excluding hydrogens is 204 g/mol. The van der Waals surface area contributed by atoms with Gasteiger partial charge in [-0.15, -0.1) is 11.8 Å². The molecule has 0 radical (unpaired) electrons. The lowest BCUT2D eigenvalue weighted by Gasteiger charge is -2.02. The number of Topliss-reactive ketones (excluding diaryl/α,β-unsaturated/α-hetero) is 1. The summed E-state index contributed by atoms with van der Waals surface area (Å²) in [4.78, 5) is 12.4. The molecule has 3 heteroatoms. The molecule has 0 bridgehead atoms. The summed E-state index contributed by atoms with van der Waals surface area (Å²) in [7, 11) is 0. The SMILES string of the molecule is CCC(=O)c1cc(Cl)cc(SC)c1. The van der Waals surface area contributed by atoms with Gasteiger partial charge in [0.2, 0.25) is 0 Å². The molecule has 1 nitrogen and oxygen atoms in total. The second-order valence-corrected chi connectivity index (χ2v) is 3.97. The van der Waals surface area contributed by atoms with Crippen molar-refractivity contribution in [3.63, 3.8) is 0 Å². The molecule has 0 fully saturated rings. The summed E-state index contributed by atoms with van der Waals surface area (Å²) in [5.41, 5.74) is 0.708. The minimum Gasteiger partial charge on any atom is -0.294 e. The Morgan fingerprint density at radius 1 is 1.46 bits per heavy atom. The van der Waals surface area contributed by atoms with Crippen molar-refractivity contribution in [1.82, 2.24) is 0 Å². The van der Waals surface area contributed by atoms with E-state index in [0.29, 0.717) is 17.0 Å². The summed E-state index contributed by atoms with van der Waals surface area (Å²) in [6.45, 7) is 1.85. The van der Waals surface area contributed by atoms with Crippen LogP contribution in [0.25, 0.3) is 0 Å². The maximum Gasteiger partial charge on any atom is 0.162 e. The molecule has 70 valence electrons. The Kier molecular flexibility index (Phi) is 3.82. The molecule has 0 saturated carbocycles. The van der Waals surface area contributed by atoms with Crippen molar-refractivity contribution < 1.29 is 4.79 Å². The van der Waals surface area contributed by atoms with Crippen LogP contribution in [0.1, 0.15) is 23.7 Å². The minimum absolute atomic E-state index is 0.137. The Hall–Kier alpha value is -0.470. The Balaban J connectivity index is 3.08. The third-order valence-electron chi connectivity index (χ3n) is 1.75. The van der Waals surface area contributed by atoms with Crippen LogP contribution >= 0.6 is 23.4 Å². The average molecular weight is 215 g/mol. The predicted molar refractivity (Wildman–Crippen MR) is 57.9 cm³/mol. The molecule has 0 heterocycles. The summed E-state index contributed by atoms with van der Waals surface area (Å²) >= 11 is 7.45. The fraction of sp³-hybridized carbons (Fsp3) is 0.300. The molecule has 0 aliphatic heterocycles. The van der Waals surface area contributed by atoms with Crippen LogP contribution in [0.5, 0.6) is 0 Å². The van der Waals surface area contributed by atoms with Crippen molar-refractivity contribution in [3.8, 4) is 0 Å². The topological polar surface area (TPSA) is 17.1 Å². The van der Waals surface area contributed by atoms with E-state index in [0.717, 1.165) is 4.90 Å². The van der Waals surface area contributed by atoms with Crippen molar-refractivity contribution in [2.24, 2.45) is 0 Å². The van der Waals surface area contributed by atoms with Gasteiger partial charge in [0.05, 0.1) is 0 Å². The predicted octanol–water partition coefficient (Wildman–Crippen LogP) is 3.65. The number of hydrogen-bond donors (Lipinski definition) is 0. The number of benzene rings is 1. The first-order valence-electron chi connectivity index (χ1n) is 4.05. The molecule has 1 aromatic carbocycles. The highest BCUT2D eigenvalue weighted by Crippen LogP contribution is 2.22. The van der Waals surface area contributed by atoms with Gasteiger partial charge in [0.25, 0.3) is 0 Å². The quantitative estimate of drug-likeness (QED) is 0.564. The van der Waals surface area contributed by atoms with E-state index in [2.05, 4.69) is 0 Å². The number of hydrogen-bond acceptors (Lipinski definition) is 2. The van der Waals surface area contributed by atoms with Crippen molar-refractivity contribution in [1.29, 1.82) is 0 Å². The van der Waals surface area contributed by atoms with E-state index in [1.165, 1.54) is 0 Å². The number of ketones is 1. The molecule has 0 aliphatic rings. The third-order valence-corrected chi connectivity index (χ3v) is 2.68. The molecule has 0 aromatic heterocycles. The molecule has 0 amide bonds. The first-order chi connectivity index (χ1) is 6.17. The van der Waals surface area contributed by atoms with Crippen molar-refractivity contribution in [2.45, 2.75) is 18.2 Å². The van der Waals surface area contributed by atoms with Gasteiger partial charge in [-0.1, -0.05) is 18.5 Å². The number of rotatable bonds is 3. The smallest absolute Gasteiger partial charge is 0.162 e. The normalized spacial score (nSPS) is 10.1. The highest BCUT2D eigenvalue weighted by atomic mass is 35.5. The summed E-state index contributed by atoms with van der Waals surface area (Å²) < 4.78 is 0. The molecule has 0 aliphatic carbocycles. The van der Waals surface area contributed by atoms with Gasteiger partial charge in [-0.25, -0.2) is 0 Å². The maximum atomic E-state index is 11.4. The molecule has 0 atom stereocenters. The summed E-state index contributed by atoms with van der Waals surface area (Å²) in [6, 6.07) is 5.45.